The van der Waals surface area contributed by atoms with Gasteiger partial charge in [-0.25, -0.2) is 12.8 Å². The molecule has 0 bridgehead atoms. The highest BCUT2D eigenvalue weighted by atomic mass is 32.2. The molecule has 0 radical (unpaired) electrons. The van der Waals surface area contributed by atoms with Gasteiger partial charge in [-0.3, -0.25) is 4.79 Å². The highest BCUT2D eigenvalue weighted by molar-refractivity contribution is 7.89. The summed E-state index contributed by atoms with van der Waals surface area (Å²) in [4.78, 5) is 12.8. The third-order valence-corrected chi connectivity index (χ3v) is 7.51. The average molecular weight is 480 g/mol. The molecule has 0 spiro atoms. The molecular weight excluding hydrogens is 460 g/mol. The van der Waals surface area contributed by atoms with Crippen molar-refractivity contribution < 1.29 is 30.8 Å². The predicted molar refractivity (Wildman–Crippen MR) is 115 cm³/mol. The van der Waals surface area contributed by atoms with Gasteiger partial charge >= 0.3 is 6.18 Å². The first-order chi connectivity index (χ1) is 15.6. The number of halogens is 4. The Balaban J connectivity index is 1.51. The van der Waals surface area contributed by atoms with Crippen LogP contribution >= 0.6 is 0 Å². The van der Waals surface area contributed by atoms with Gasteiger partial charge in [0, 0.05) is 18.8 Å². The molecule has 0 aromatic heterocycles. The number of carbonyl (C=O) groups excluding carboxylic acids is 1. The van der Waals surface area contributed by atoms with E-state index in [9.17, 15) is 30.8 Å². The van der Waals surface area contributed by atoms with E-state index in [1.807, 2.05) is 12.1 Å². The quantitative estimate of drug-likeness (QED) is 0.533. The standard InChI is InChI=1S/C23H20F4N2O3S/c24-21-10-8-18(13-20(21)23(25,26)27)28-22(30)17-6-3-11-29(14-17)33(31,32)19-9-7-15-4-1-2-5-16(15)12-19/h1-2,4-5,7-10,12-13,17H,3,6,11,14H2,(H,28,30)/t17-/m1/s1. The van der Waals surface area contributed by atoms with Crippen LogP contribution in [0.5, 0.6) is 0 Å². The summed E-state index contributed by atoms with van der Waals surface area (Å²) in [6.45, 7) is 0.127. The molecule has 4 rings (SSSR count). The average Bonchev–Trinajstić information content (AvgIpc) is 2.79. The zero-order valence-electron chi connectivity index (χ0n) is 17.3. The van der Waals surface area contributed by atoms with Crippen LogP contribution in [-0.4, -0.2) is 31.7 Å². The van der Waals surface area contributed by atoms with E-state index < -0.39 is 39.4 Å². The Kier molecular flexibility index (Phi) is 6.15. The van der Waals surface area contributed by atoms with Crippen LogP contribution in [0.1, 0.15) is 18.4 Å². The molecule has 1 fully saturated rings. The Morgan fingerprint density at radius 3 is 2.45 bits per heavy atom. The van der Waals surface area contributed by atoms with E-state index >= 15 is 0 Å². The molecular formula is C23H20F4N2O3S. The Labute approximate surface area is 188 Å². The predicted octanol–water partition coefficient (Wildman–Crippen LogP) is 5.04. The zero-order chi connectivity index (χ0) is 23.8. The summed E-state index contributed by atoms with van der Waals surface area (Å²) in [6.07, 6.45) is -4.11. The number of fused-ring (bicyclic) bond motifs is 1. The molecule has 1 amide bonds. The minimum atomic E-state index is -4.90. The first-order valence-electron chi connectivity index (χ1n) is 10.2. The summed E-state index contributed by atoms with van der Waals surface area (Å²) in [5.41, 5.74) is -1.69. The normalized spacial score (nSPS) is 17.8. The molecule has 0 saturated carbocycles. The second-order valence-corrected chi connectivity index (χ2v) is 9.83. The number of sulfonamides is 1. The summed E-state index contributed by atoms with van der Waals surface area (Å²) in [5, 5.41) is 4.02. The van der Waals surface area contributed by atoms with Gasteiger partial charge in [-0.2, -0.15) is 17.5 Å². The lowest BCUT2D eigenvalue weighted by atomic mass is 9.98. The van der Waals surface area contributed by atoms with Crippen molar-refractivity contribution in [1.29, 1.82) is 0 Å². The van der Waals surface area contributed by atoms with Crippen molar-refractivity contribution in [2.24, 2.45) is 5.92 Å². The Morgan fingerprint density at radius 1 is 1.00 bits per heavy atom. The van der Waals surface area contributed by atoms with Crippen molar-refractivity contribution in [3.05, 3.63) is 72.0 Å². The van der Waals surface area contributed by atoms with E-state index in [1.54, 1.807) is 24.3 Å². The number of hydrogen-bond donors (Lipinski definition) is 1. The van der Waals surface area contributed by atoms with Crippen LogP contribution in [0, 0.1) is 11.7 Å². The molecule has 0 unspecified atom stereocenters. The van der Waals surface area contributed by atoms with E-state index in [4.69, 9.17) is 0 Å². The lowest BCUT2D eigenvalue weighted by Crippen LogP contribution is -2.43. The molecule has 3 aromatic carbocycles. The SMILES string of the molecule is O=C(Nc1ccc(F)c(C(F)(F)F)c1)[C@@H]1CCCN(S(=O)(=O)c2ccc3ccccc3c2)C1. The highest BCUT2D eigenvalue weighted by Gasteiger charge is 2.36. The first-order valence-corrected chi connectivity index (χ1v) is 11.7. The lowest BCUT2D eigenvalue weighted by molar-refractivity contribution is -0.140. The molecule has 174 valence electrons. The van der Waals surface area contributed by atoms with Crippen molar-refractivity contribution in [1.82, 2.24) is 4.31 Å². The van der Waals surface area contributed by atoms with Crippen LogP contribution in [0.3, 0.4) is 0 Å². The van der Waals surface area contributed by atoms with Crippen LogP contribution < -0.4 is 5.32 Å². The maximum Gasteiger partial charge on any atom is 0.419 e. The first kappa shape index (κ1) is 23.2. The van der Waals surface area contributed by atoms with Crippen LogP contribution in [0.4, 0.5) is 23.2 Å². The van der Waals surface area contributed by atoms with Crippen LogP contribution in [0.15, 0.2) is 65.6 Å². The van der Waals surface area contributed by atoms with Gasteiger partial charge in [0.25, 0.3) is 0 Å². The van der Waals surface area contributed by atoms with Crippen molar-refractivity contribution in [2.75, 3.05) is 18.4 Å². The monoisotopic (exact) mass is 480 g/mol. The van der Waals surface area contributed by atoms with Gasteiger partial charge < -0.3 is 5.32 Å². The largest absolute Gasteiger partial charge is 0.419 e. The molecule has 1 atom stereocenters. The number of rotatable bonds is 4. The van der Waals surface area contributed by atoms with E-state index in [-0.39, 0.29) is 23.7 Å². The zero-order valence-corrected chi connectivity index (χ0v) is 18.1. The number of piperidine rings is 1. The fourth-order valence-corrected chi connectivity index (χ4v) is 5.48. The third kappa shape index (κ3) is 4.86. The Hall–Kier alpha value is -2.98. The van der Waals surface area contributed by atoms with Gasteiger partial charge in [-0.05, 0) is 53.9 Å². The second kappa shape index (κ2) is 8.75. The minimum absolute atomic E-state index is 0.103. The van der Waals surface area contributed by atoms with Gasteiger partial charge in [-0.1, -0.05) is 30.3 Å². The maximum absolute atomic E-state index is 13.5. The van der Waals surface area contributed by atoms with Gasteiger partial charge in [0.15, 0.2) is 0 Å². The lowest BCUT2D eigenvalue weighted by Gasteiger charge is -2.31. The summed E-state index contributed by atoms with van der Waals surface area (Å²) in [5.74, 6) is -2.81. The fraction of sp³-hybridized carbons (Fsp3) is 0.261. The number of alkyl halides is 3. The van der Waals surface area contributed by atoms with Gasteiger partial charge in [0.1, 0.15) is 5.82 Å². The van der Waals surface area contributed by atoms with Crippen molar-refractivity contribution in [3.8, 4) is 0 Å². The summed E-state index contributed by atoms with van der Waals surface area (Å²) in [7, 11) is -3.87. The van der Waals surface area contributed by atoms with E-state index in [0.29, 0.717) is 25.0 Å². The Morgan fingerprint density at radius 2 is 1.73 bits per heavy atom. The molecule has 1 saturated heterocycles. The number of anilines is 1. The molecule has 1 N–H and O–H groups in total. The van der Waals surface area contributed by atoms with E-state index in [2.05, 4.69) is 5.32 Å². The highest BCUT2D eigenvalue weighted by Crippen LogP contribution is 2.33. The smallest absolute Gasteiger partial charge is 0.326 e. The summed E-state index contributed by atoms with van der Waals surface area (Å²) >= 11 is 0. The van der Waals surface area contributed by atoms with Gasteiger partial charge in [0.05, 0.1) is 16.4 Å². The fourth-order valence-electron chi connectivity index (χ4n) is 3.92. The third-order valence-electron chi connectivity index (χ3n) is 5.65. The molecule has 5 nitrogen and oxygen atoms in total. The number of nitrogens with zero attached hydrogens (tertiary/aromatic N) is 1. The molecule has 33 heavy (non-hydrogen) atoms. The molecule has 1 aliphatic rings. The van der Waals surface area contributed by atoms with Crippen molar-refractivity contribution in [2.45, 2.75) is 23.9 Å². The van der Waals surface area contributed by atoms with Crippen LogP contribution in [-0.2, 0) is 21.0 Å². The van der Waals surface area contributed by atoms with Crippen LogP contribution in [0.25, 0.3) is 10.8 Å². The minimum Gasteiger partial charge on any atom is -0.326 e. The molecule has 1 heterocycles. The number of hydrogen-bond acceptors (Lipinski definition) is 3. The topological polar surface area (TPSA) is 66.5 Å². The van der Waals surface area contributed by atoms with Crippen molar-refractivity contribution in [3.63, 3.8) is 0 Å². The maximum atomic E-state index is 13.5. The van der Waals surface area contributed by atoms with E-state index in [1.165, 1.54) is 10.4 Å². The summed E-state index contributed by atoms with van der Waals surface area (Å²) in [6, 6.07) is 14.3. The Bertz CT molecular complexity index is 1310. The summed E-state index contributed by atoms with van der Waals surface area (Å²) < 4.78 is 79.9. The van der Waals surface area contributed by atoms with Crippen molar-refractivity contribution >= 4 is 32.4 Å². The molecule has 3 aromatic rings. The number of amides is 1. The molecule has 1 aliphatic heterocycles. The second-order valence-electron chi connectivity index (χ2n) is 7.89. The number of nitrogens with one attached hydrogen (secondary N) is 1. The van der Waals surface area contributed by atoms with Gasteiger partial charge in [0.2, 0.25) is 15.9 Å². The van der Waals surface area contributed by atoms with E-state index in [0.717, 1.165) is 16.8 Å². The molecule has 0 aliphatic carbocycles. The molecule has 10 heteroatoms. The van der Waals surface area contributed by atoms with Gasteiger partial charge in [-0.15, -0.1) is 0 Å². The van der Waals surface area contributed by atoms with Crippen LogP contribution in [0.2, 0.25) is 0 Å². The number of benzene rings is 3. The number of carbonyl (C=O) groups is 1.